The Morgan fingerprint density at radius 3 is 2.23 bits per heavy atom. The zero-order valence-electron chi connectivity index (χ0n) is 11.7. The van der Waals surface area contributed by atoms with Crippen LogP contribution in [0.4, 0.5) is 5.69 Å². The van der Waals surface area contributed by atoms with E-state index in [1.807, 2.05) is 30.3 Å². The first-order chi connectivity index (χ1) is 10.6. The van der Waals surface area contributed by atoms with Crippen LogP contribution in [0, 0.1) is 10.1 Å². The van der Waals surface area contributed by atoms with E-state index in [0.29, 0.717) is 17.1 Å². The smallest absolute Gasteiger partial charge is 0.269 e. The third-order valence-corrected chi connectivity index (χ3v) is 3.40. The molecule has 22 heavy (non-hydrogen) atoms. The average molecular weight is 296 g/mol. The fourth-order valence-corrected chi connectivity index (χ4v) is 2.33. The highest BCUT2D eigenvalue weighted by molar-refractivity contribution is 5.63. The van der Waals surface area contributed by atoms with Gasteiger partial charge in [-0.15, -0.1) is 0 Å². The Morgan fingerprint density at radius 2 is 1.64 bits per heavy atom. The Balaban J connectivity index is 2.09. The van der Waals surface area contributed by atoms with E-state index < -0.39 is 10.9 Å². The van der Waals surface area contributed by atoms with Crippen LogP contribution in [0.1, 0.15) is 0 Å². The van der Waals surface area contributed by atoms with Gasteiger partial charge in [0.1, 0.15) is 13.0 Å². The van der Waals surface area contributed by atoms with Crippen LogP contribution < -0.4 is 9.67 Å². The summed E-state index contributed by atoms with van der Waals surface area (Å²) in [6, 6.07) is 15.1. The predicted molar refractivity (Wildman–Crippen MR) is 76.9 cm³/mol. The molecule has 6 heteroatoms. The number of nitro benzene ring substituents is 1. The van der Waals surface area contributed by atoms with Gasteiger partial charge in [-0.1, -0.05) is 18.2 Å². The summed E-state index contributed by atoms with van der Waals surface area (Å²) in [4.78, 5) is 10.2. The number of non-ortho nitro benzene ring substituents is 1. The first kappa shape index (κ1) is 13.8. The summed E-state index contributed by atoms with van der Waals surface area (Å²) >= 11 is 0. The molecule has 0 bridgehead atoms. The van der Waals surface area contributed by atoms with Gasteiger partial charge in [-0.25, -0.2) is 0 Å². The van der Waals surface area contributed by atoms with Gasteiger partial charge in [0.25, 0.3) is 11.6 Å². The van der Waals surface area contributed by atoms with Crippen molar-refractivity contribution in [1.29, 1.82) is 0 Å². The molecule has 0 N–H and O–H groups in total. The molecule has 0 spiro atoms. The van der Waals surface area contributed by atoms with Crippen molar-refractivity contribution in [3.8, 4) is 28.7 Å². The number of oxazole rings is 1. The average Bonchev–Trinajstić information content (AvgIpc) is 2.83. The maximum atomic E-state index is 12.1. The molecule has 0 atom stereocenters. The fraction of sp³-hybridized carbons (Fsp3) is 0.0625. The van der Waals surface area contributed by atoms with E-state index in [2.05, 4.69) is 0 Å². The molecule has 0 aliphatic heterocycles. The molecule has 0 amide bonds. The van der Waals surface area contributed by atoms with E-state index in [9.17, 15) is 15.2 Å². The number of rotatable bonds is 3. The minimum absolute atomic E-state index is 0.0226. The molecular formula is C16H12N2O4. The number of hydrogen-bond donors (Lipinski definition) is 0. The summed E-state index contributed by atoms with van der Waals surface area (Å²) in [7, 11) is 1.73. The Bertz CT molecular complexity index is 823. The van der Waals surface area contributed by atoms with Crippen molar-refractivity contribution >= 4 is 5.69 Å². The van der Waals surface area contributed by atoms with Crippen LogP contribution in [-0.2, 0) is 7.05 Å². The lowest BCUT2D eigenvalue weighted by Gasteiger charge is -1.99. The second kappa shape index (κ2) is 5.33. The van der Waals surface area contributed by atoms with Crippen molar-refractivity contribution in [3.05, 3.63) is 64.7 Å². The Labute approximate surface area is 126 Å². The zero-order chi connectivity index (χ0) is 15.7. The Morgan fingerprint density at radius 1 is 1.00 bits per heavy atom. The number of benzene rings is 2. The maximum Gasteiger partial charge on any atom is 0.269 e. The summed E-state index contributed by atoms with van der Waals surface area (Å²) < 4.78 is 6.99. The minimum atomic E-state index is -0.480. The van der Waals surface area contributed by atoms with Crippen molar-refractivity contribution in [1.82, 2.24) is 0 Å². The molecule has 1 heterocycles. The van der Waals surface area contributed by atoms with Gasteiger partial charge in [-0.3, -0.25) is 10.1 Å². The van der Waals surface area contributed by atoms with Crippen molar-refractivity contribution in [2.24, 2.45) is 7.05 Å². The standard InChI is InChI=1S/C16H12N2O4/c1-17-14(11-7-9-13(10-8-11)18(20)21)16(19)22-15(17)12-5-3-2-4-6-12/h2-10H,1H3. The van der Waals surface area contributed by atoms with Gasteiger partial charge in [-0.2, -0.15) is 4.57 Å². The van der Waals surface area contributed by atoms with Gasteiger partial charge in [0, 0.05) is 17.7 Å². The van der Waals surface area contributed by atoms with Crippen molar-refractivity contribution in [2.75, 3.05) is 0 Å². The van der Waals surface area contributed by atoms with Crippen LogP contribution in [0.25, 0.3) is 22.7 Å². The molecule has 110 valence electrons. The van der Waals surface area contributed by atoms with Crippen LogP contribution >= 0.6 is 0 Å². The molecular weight excluding hydrogens is 284 g/mol. The fourth-order valence-electron chi connectivity index (χ4n) is 2.33. The summed E-state index contributed by atoms with van der Waals surface area (Å²) in [5, 5.41) is 22.8. The third kappa shape index (κ3) is 2.31. The van der Waals surface area contributed by atoms with E-state index in [1.165, 1.54) is 12.1 Å². The van der Waals surface area contributed by atoms with Crippen molar-refractivity contribution in [2.45, 2.75) is 0 Å². The number of nitrogens with zero attached hydrogens (tertiary/aromatic N) is 2. The van der Waals surface area contributed by atoms with Crippen LogP contribution in [-0.4, -0.2) is 4.92 Å². The lowest BCUT2D eigenvalue weighted by atomic mass is 10.1. The first-order valence-electron chi connectivity index (χ1n) is 6.58. The van der Waals surface area contributed by atoms with E-state index in [1.54, 1.807) is 23.7 Å². The van der Waals surface area contributed by atoms with Gasteiger partial charge < -0.3 is 9.52 Å². The Kier molecular flexibility index (Phi) is 3.34. The molecule has 0 fully saturated rings. The molecule has 0 unspecified atom stereocenters. The monoisotopic (exact) mass is 296 g/mol. The van der Waals surface area contributed by atoms with Crippen LogP contribution in [0.2, 0.25) is 0 Å². The van der Waals surface area contributed by atoms with Crippen molar-refractivity contribution in [3.63, 3.8) is 0 Å². The number of aromatic nitrogens is 1. The summed E-state index contributed by atoms with van der Waals surface area (Å²) in [5.41, 5.74) is 1.69. The second-order valence-corrected chi connectivity index (χ2v) is 4.77. The molecule has 0 aliphatic carbocycles. The molecule has 3 aromatic rings. The van der Waals surface area contributed by atoms with Gasteiger partial charge in [0.05, 0.1) is 10.5 Å². The first-order valence-corrected chi connectivity index (χ1v) is 6.58. The highest BCUT2D eigenvalue weighted by Gasteiger charge is 2.21. The highest BCUT2D eigenvalue weighted by Crippen LogP contribution is 2.30. The molecule has 0 saturated heterocycles. The molecule has 0 aliphatic rings. The Hall–Kier alpha value is -3.15. The number of nitro groups is 1. The van der Waals surface area contributed by atoms with E-state index in [0.717, 1.165) is 5.56 Å². The molecule has 6 nitrogen and oxygen atoms in total. The molecule has 2 aromatic carbocycles. The third-order valence-electron chi connectivity index (χ3n) is 3.40. The topological polar surface area (TPSA) is 83.2 Å². The second-order valence-electron chi connectivity index (χ2n) is 4.77. The molecule has 0 saturated carbocycles. The van der Waals surface area contributed by atoms with Crippen LogP contribution in [0.3, 0.4) is 0 Å². The van der Waals surface area contributed by atoms with E-state index in [4.69, 9.17) is 4.42 Å². The van der Waals surface area contributed by atoms with Crippen LogP contribution in [0.5, 0.6) is 5.95 Å². The quantitative estimate of drug-likeness (QED) is 0.422. The normalized spacial score (nSPS) is 10.6. The SMILES string of the molecule is C[n+]1c(-c2ccccc2)oc([O-])c1-c1ccc([N+](=O)[O-])cc1. The molecule has 1 aromatic heterocycles. The summed E-state index contributed by atoms with van der Waals surface area (Å²) in [6.45, 7) is 0. The van der Waals surface area contributed by atoms with Gasteiger partial charge >= 0.3 is 0 Å². The lowest BCUT2D eigenvalue weighted by Crippen LogP contribution is -2.31. The summed E-state index contributed by atoms with van der Waals surface area (Å²) in [6.07, 6.45) is 0. The van der Waals surface area contributed by atoms with Gasteiger partial charge in [-0.05, 0) is 24.3 Å². The summed E-state index contributed by atoms with van der Waals surface area (Å²) in [5.74, 6) is -0.0332. The maximum absolute atomic E-state index is 12.1. The predicted octanol–water partition coefficient (Wildman–Crippen LogP) is 2.42. The highest BCUT2D eigenvalue weighted by atomic mass is 16.6. The van der Waals surface area contributed by atoms with Gasteiger partial charge in [0.15, 0.2) is 0 Å². The van der Waals surface area contributed by atoms with Crippen LogP contribution in [0.15, 0.2) is 59.0 Å². The lowest BCUT2D eigenvalue weighted by molar-refractivity contribution is -0.652. The van der Waals surface area contributed by atoms with E-state index >= 15 is 0 Å². The zero-order valence-corrected chi connectivity index (χ0v) is 11.7. The number of hydrogen-bond acceptors (Lipinski definition) is 4. The minimum Gasteiger partial charge on any atom is -0.540 e. The van der Waals surface area contributed by atoms with E-state index in [-0.39, 0.29) is 5.69 Å². The largest absolute Gasteiger partial charge is 0.540 e. The van der Waals surface area contributed by atoms with Gasteiger partial charge in [0.2, 0.25) is 5.69 Å². The molecule has 0 radical (unpaired) electrons. The molecule has 3 rings (SSSR count). The van der Waals surface area contributed by atoms with Crippen molar-refractivity contribution < 1.29 is 19.0 Å².